The molecule has 0 atom stereocenters. The smallest absolute Gasteiger partial charge is 0.398 e. The summed E-state index contributed by atoms with van der Waals surface area (Å²) in [5, 5.41) is 0. The van der Waals surface area contributed by atoms with E-state index in [1.807, 2.05) is 0 Å². The van der Waals surface area contributed by atoms with Crippen LogP contribution in [0.2, 0.25) is 0 Å². The first-order valence-electron chi connectivity index (χ1n) is 4.89. The van der Waals surface area contributed by atoms with Gasteiger partial charge in [-0.1, -0.05) is 0 Å². The van der Waals surface area contributed by atoms with E-state index >= 15 is 0 Å². The number of alkyl halides is 3. The van der Waals surface area contributed by atoms with Crippen LogP contribution >= 0.6 is 0 Å². The molecule has 0 amide bonds. The first-order chi connectivity index (χ1) is 6.91. The molecule has 0 aliphatic heterocycles. The van der Waals surface area contributed by atoms with Gasteiger partial charge in [-0.15, -0.1) is 0 Å². The summed E-state index contributed by atoms with van der Waals surface area (Å²) in [6.45, 7) is 1.44. The van der Waals surface area contributed by atoms with Crippen molar-refractivity contribution in [3.8, 4) is 0 Å². The van der Waals surface area contributed by atoms with Gasteiger partial charge in [0.25, 0.3) is 0 Å². The van der Waals surface area contributed by atoms with Crippen molar-refractivity contribution >= 4 is 5.69 Å². The molecule has 0 heterocycles. The molecule has 1 nitrogen and oxygen atoms in total. The van der Waals surface area contributed by atoms with Crippen LogP contribution in [-0.2, 0) is 19.0 Å². The zero-order chi connectivity index (χ0) is 11.2. The lowest BCUT2D eigenvalue weighted by molar-refractivity contribution is -0.138. The van der Waals surface area contributed by atoms with Crippen LogP contribution in [-0.4, -0.2) is 0 Å². The lowest BCUT2D eigenvalue weighted by Gasteiger charge is -2.15. The largest absolute Gasteiger partial charge is 0.416 e. The standard InChI is InChI=1S/C11H12F3N/c1-6-9(11(12,13)14)5-7-3-2-4-8(7)10(6)15/h5H,2-4,15H2,1H3. The molecule has 1 aliphatic carbocycles. The van der Waals surface area contributed by atoms with E-state index in [0.29, 0.717) is 12.1 Å². The van der Waals surface area contributed by atoms with E-state index in [2.05, 4.69) is 0 Å². The second-order valence-electron chi connectivity index (χ2n) is 3.95. The molecule has 0 bridgehead atoms. The van der Waals surface area contributed by atoms with E-state index in [-0.39, 0.29) is 5.56 Å². The fourth-order valence-corrected chi connectivity index (χ4v) is 2.18. The molecule has 0 unspecified atom stereocenters. The first kappa shape index (κ1) is 10.3. The van der Waals surface area contributed by atoms with Gasteiger partial charge in [-0.2, -0.15) is 13.2 Å². The molecule has 0 fully saturated rings. The average Bonchev–Trinajstić information content (AvgIpc) is 2.57. The Labute approximate surface area is 86.1 Å². The minimum absolute atomic E-state index is 0.170. The fourth-order valence-electron chi connectivity index (χ4n) is 2.18. The summed E-state index contributed by atoms with van der Waals surface area (Å²) >= 11 is 0. The third-order valence-corrected chi connectivity index (χ3v) is 3.02. The summed E-state index contributed by atoms with van der Waals surface area (Å²) in [5.74, 6) is 0. The van der Waals surface area contributed by atoms with E-state index < -0.39 is 11.7 Å². The maximum atomic E-state index is 12.6. The molecule has 15 heavy (non-hydrogen) atoms. The van der Waals surface area contributed by atoms with Crippen molar-refractivity contribution in [3.05, 3.63) is 28.3 Å². The molecule has 0 spiro atoms. The number of anilines is 1. The number of fused-ring (bicyclic) bond motifs is 1. The van der Waals surface area contributed by atoms with Crippen molar-refractivity contribution in [2.45, 2.75) is 32.4 Å². The number of aryl methyl sites for hydroxylation is 1. The topological polar surface area (TPSA) is 26.0 Å². The van der Waals surface area contributed by atoms with Crippen LogP contribution in [0.15, 0.2) is 6.07 Å². The van der Waals surface area contributed by atoms with E-state index in [0.717, 1.165) is 24.0 Å². The fraction of sp³-hybridized carbons (Fsp3) is 0.455. The first-order valence-corrected chi connectivity index (χ1v) is 4.89. The van der Waals surface area contributed by atoms with E-state index in [4.69, 9.17) is 5.73 Å². The molecule has 2 rings (SSSR count). The quantitative estimate of drug-likeness (QED) is 0.661. The second kappa shape index (κ2) is 3.15. The van der Waals surface area contributed by atoms with Gasteiger partial charge in [0.2, 0.25) is 0 Å². The molecule has 2 N–H and O–H groups in total. The summed E-state index contributed by atoms with van der Waals surface area (Å²) in [4.78, 5) is 0. The van der Waals surface area contributed by atoms with Crippen LogP contribution in [0.25, 0.3) is 0 Å². The van der Waals surface area contributed by atoms with Gasteiger partial charge in [-0.25, -0.2) is 0 Å². The number of nitrogen functional groups attached to an aromatic ring is 1. The van der Waals surface area contributed by atoms with Crippen molar-refractivity contribution in [2.24, 2.45) is 0 Å². The number of nitrogens with two attached hydrogens (primary N) is 1. The zero-order valence-electron chi connectivity index (χ0n) is 8.41. The molecule has 4 heteroatoms. The predicted octanol–water partition coefficient (Wildman–Crippen LogP) is 3.08. The normalized spacial score (nSPS) is 15.5. The highest BCUT2D eigenvalue weighted by atomic mass is 19.4. The Hall–Kier alpha value is -1.19. The monoisotopic (exact) mass is 215 g/mol. The summed E-state index contributed by atoms with van der Waals surface area (Å²) in [7, 11) is 0. The van der Waals surface area contributed by atoms with Crippen LogP contribution < -0.4 is 5.73 Å². The maximum absolute atomic E-state index is 12.6. The Kier molecular flexibility index (Phi) is 2.17. The molecule has 0 radical (unpaired) electrons. The van der Waals surface area contributed by atoms with Gasteiger partial charge in [-0.05, 0) is 48.9 Å². The van der Waals surface area contributed by atoms with Gasteiger partial charge in [0.1, 0.15) is 0 Å². The summed E-state index contributed by atoms with van der Waals surface area (Å²) in [6, 6.07) is 1.26. The van der Waals surface area contributed by atoms with Crippen LogP contribution in [0.4, 0.5) is 18.9 Å². The number of hydrogen-bond acceptors (Lipinski definition) is 1. The average molecular weight is 215 g/mol. The number of benzene rings is 1. The van der Waals surface area contributed by atoms with E-state index in [1.165, 1.54) is 13.0 Å². The van der Waals surface area contributed by atoms with Gasteiger partial charge in [-0.3, -0.25) is 0 Å². The van der Waals surface area contributed by atoms with Crippen LogP contribution in [0.5, 0.6) is 0 Å². The number of rotatable bonds is 0. The molecule has 1 aromatic carbocycles. The van der Waals surface area contributed by atoms with Crippen LogP contribution in [0.1, 0.15) is 28.7 Å². The maximum Gasteiger partial charge on any atom is 0.416 e. The van der Waals surface area contributed by atoms with Crippen LogP contribution in [0, 0.1) is 6.92 Å². The summed E-state index contributed by atoms with van der Waals surface area (Å²) < 4.78 is 37.9. The van der Waals surface area contributed by atoms with Gasteiger partial charge >= 0.3 is 6.18 Å². The van der Waals surface area contributed by atoms with Gasteiger partial charge in [0.05, 0.1) is 5.56 Å². The van der Waals surface area contributed by atoms with Gasteiger partial charge in [0.15, 0.2) is 0 Å². The highest BCUT2D eigenvalue weighted by Gasteiger charge is 2.34. The molecular weight excluding hydrogens is 203 g/mol. The molecule has 0 saturated heterocycles. The van der Waals surface area contributed by atoms with E-state index in [9.17, 15) is 13.2 Å². The Morgan fingerprint density at radius 1 is 1.27 bits per heavy atom. The molecule has 82 valence electrons. The van der Waals surface area contributed by atoms with Crippen molar-refractivity contribution in [1.29, 1.82) is 0 Å². The molecule has 0 saturated carbocycles. The number of hydrogen-bond donors (Lipinski definition) is 1. The molecular formula is C11H12F3N. The molecule has 0 aromatic heterocycles. The third kappa shape index (κ3) is 1.58. The lowest BCUT2D eigenvalue weighted by Crippen LogP contribution is -2.11. The SMILES string of the molecule is Cc1c(C(F)(F)F)cc2c(c1N)CCC2. The van der Waals surface area contributed by atoms with Gasteiger partial charge < -0.3 is 5.73 Å². The Morgan fingerprint density at radius 3 is 2.53 bits per heavy atom. The lowest BCUT2D eigenvalue weighted by atomic mass is 9.98. The summed E-state index contributed by atoms with van der Waals surface area (Å²) in [5.41, 5.74) is 7.34. The Balaban J connectivity index is 2.64. The minimum Gasteiger partial charge on any atom is -0.398 e. The summed E-state index contributed by atoms with van der Waals surface area (Å²) in [6.07, 6.45) is -1.88. The van der Waals surface area contributed by atoms with Crippen molar-refractivity contribution in [1.82, 2.24) is 0 Å². The van der Waals surface area contributed by atoms with Crippen molar-refractivity contribution < 1.29 is 13.2 Å². The molecule has 1 aromatic rings. The van der Waals surface area contributed by atoms with Gasteiger partial charge in [0, 0.05) is 5.69 Å². The second-order valence-corrected chi connectivity index (χ2v) is 3.95. The Morgan fingerprint density at radius 2 is 1.93 bits per heavy atom. The predicted molar refractivity (Wildman–Crippen MR) is 52.6 cm³/mol. The Bertz CT molecular complexity index is 407. The van der Waals surface area contributed by atoms with E-state index in [1.54, 1.807) is 0 Å². The highest BCUT2D eigenvalue weighted by Crippen LogP contribution is 2.39. The van der Waals surface area contributed by atoms with Crippen molar-refractivity contribution in [3.63, 3.8) is 0 Å². The van der Waals surface area contributed by atoms with Crippen molar-refractivity contribution in [2.75, 3.05) is 5.73 Å². The number of halogens is 3. The highest BCUT2D eigenvalue weighted by molar-refractivity contribution is 5.61. The molecule has 1 aliphatic rings. The third-order valence-electron chi connectivity index (χ3n) is 3.02. The van der Waals surface area contributed by atoms with Crippen LogP contribution in [0.3, 0.4) is 0 Å². The zero-order valence-corrected chi connectivity index (χ0v) is 8.41. The minimum atomic E-state index is -4.30.